The number of anilines is 3. The summed E-state index contributed by atoms with van der Waals surface area (Å²) < 4.78 is 0. The van der Waals surface area contributed by atoms with E-state index in [-0.39, 0.29) is 5.91 Å². The van der Waals surface area contributed by atoms with Gasteiger partial charge in [-0.05, 0) is 42.0 Å². The second-order valence-corrected chi connectivity index (χ2v) is 6.18. The lowest BCUT2D eigenvalue weighted by molar-refractivity contribution is -0.111. The molecule has 136 valence electrons. The number of hydrogen-bond acceptors (Lipinski definition) is 4. The number of hydrogen-bond donors (Lipinski definition) is 2. The first-order chi connectivity index (χ1) is 13.8. The third kappa shape index (κ3) is 4.22. The van der Waals surface area contributed by atoms with Crippen LogP contribution in [0, 0.1) is 0 Å². The largest absolute Gasteiger partial charge is 0.340 e. The van der Waals surface area contributed by atoms with Crippen LogP contribution in [0.3, 0.4) is 0 Å². The van der Waals surface area contributed by atoms with Crippen LogP contribution in [0.4, 0.5) is 17.2 Å². The van der Waals surface area contributed by atoms with E-state index in [0.29, 0.717) is 5.69 Å². The maximum Gasteiger partial charge on any atom is 0.248 e. The maximum absolute atomic E-state index is 12.2. The molecule has 3 aromatic carbocycles. The van der Waals surface area contributed by atoms with Gasteiger partial charge in [0.05, 0.1) is 5.52 Å². The van der Waals surface area contributed by atoms with Crippen molar-refractivity contribution in [2.75, 3.05) is 10.6 Å². The van der Waals surface area contributed by atoms with Gasteiger partial charge in [0, 0.05) is 22.8 Å². The molecule has 4 aromatic rings. The molecule has 0 fully saturated rings. The van der Waals surface area contributed by atoms with Crippen molar-refractivity contribution in [2.45, 2.75) is 0 Å². The number of para-hydroxylation sites is 1. The molecule has 0 spiro atoms. The summed E-state index contributed by atoms with van der Waals surface area (Å²) in [6.07, 6.45) is 4.80. The molecule has 28 heavy (non-hydrogen) atoms. The quantitative estimate of drug-likeness (QED) is 0.486. The predicted octanol–water partition coefficient (Wildman–Crippen LogP) is 5.03. The number of aromatic nitrogens is 2. The topological polar surface area (TPSA) is 66.9 Å². The summed E-state index contributed by atoms with van der Waals surface area (Å²) in [5.74, 6) is 0.526. The fourth-order valence-electron chi connectivity index (χ4n) is 2.81. The van der Waals surface area contributed by atoms with Crippen molar-refractivity contribution in [3.05, 3.63) is 96.8 Å². The first-order valence-corrected chi connectivity index (χ1v) is 8.89. The number of benzene rings is 3. The normalized spacial score (nSPS) is 10.9. The lowest BCUT2D eigenvalue weighted by Gasteiger charge is -2.09. The molecule has 0 bridgehead atoms. The molecular formula is C23H18N4O. The SMILES string of the molecule is O=C(C=Cc1ccccc1)Nc1ccc2c(Nc3ccccc3)ncnc2c1. The molecule has 0 aliphatic rings. The molecular weight excluding hydrogens is 348 g/mol. The van der Waals surface area contributed by atoms with E-state index in [4.69, 9.17) is 0 Å². The van der Waals surface area contributed by atoms with Gasteiger partial charge in [0.15, 0.2) is 0 Å². The lowest BCUT2D eigenvalue weighted by atomic mass is 10.2. The summed E-state index contributed by atoms with van der Waals surface area (Å²) in [7, 11) is 0. The highest BCUT2D eigenvalue weighted by atomic mass is 16.1. The van der Waals surface area contributed by atoms with Crippen molar-refractivity contribution in [3.8, 4) is 0 Å². The van der Waals surface area contributed by atoms with E-state index in [9.17, 15) is 4.79 Å². The minimum absolute atomic E-state index is 0.195. The van der Waals surface area contributed by atoms with Crippen molar-refractivity contribution < 1.29 is 4.79 Å². The molecule has 1 heterocycles. The molecule has 0 saturated carbocycles. The summed E-state index contributed by atoms with van der Waals surface area (Å²) in [5.41, 5.74) is 3.35. The molecule has 0 radical (unpaired) electrons. The third-order valence-corrected chi connectivity index (χ3v) is 4.17. The van der Waals surface area contributed by atoms with Gasteiger partial charge in [-0.15, -0.1) is 0 Å². The van der Waals surface area contributed by atoms with Crippen LogP contribution in [0.25, 0.3) is 17.0 Å². The summed E-state index contributed by atoms with van der Waals surface area (Å²) >= 11 is 0. The van der Waals surface area contributed by atoms with E-state index in [2.05, 4.69) is 20.6 Å². The van der Waals surface area contributed by atoms with Crippen LogP contribution >= 0.6 is 0 Å². The smallest absolute Gasteiger partial charge is 0.248 e. The van der Waals surface area contributed by atoms with Crippen LogP contribution in [0.15, 0.2) is 91.3 Å². The van der Waals surface area contributed by atoms with E-state index >= 15 is 0 Å². The molecule has 1 aromatic heterocycles. The molecule has 0 atom stereocenters. The van der Waals surface area contributed by atoms with Gasteiger partial charge in [0.1, 0.15) is 12.1 Å². The first-order valence-electron chi connectivity index (χ1n) is 8.89. The summed E-state index contributed by atoms with van der Waals surface area (Å²) in [5, 5.41) is 7.04. The van der Waals surface area contributed by atoms with Gasteiger partial charge in [-0.25, -0.2) is 9.97 Å². The van der Waals surface area contributed by atoms with Crippen LogP contribution in [-0.2, 0) is 4.79 Å². The Morgan fingerprint density at radius 3 is 2.36 bits per heavy atom. The Balaban J connectivity index is 1.52. The Bertz CT molecular complexity index is 1130. The Morgan fingerprint density at radius 2 is 1.57 bits per heavy atom. The zero-order valence-corrected chi connectivity index (χ0v) is 15.0. The number of rotatable bonds is 5. The molecule has 5 heteroatoms. The second-order valence-electron chi connectivity index (χ2n) is 6.18. The first kappa shape index (κ1) is 17.4. The monoisotopic (exact) mass is 366 g/mol. The Labute approximate surface area is 162 Å². The van der Waals surface area contributed by atoms with E-state index in [1.165, 1.54) is 12.4 Å². The fourth-order valence-corrected chi connectivity index (χ4v) is 2.81. The number of carbonyl (C=O) groups excluding carboxylic acids is 1. The number of amides is 1. The summed E-state index contributed by atoms with van der Waals surface area (Å²) in [4.78, 5) is 20.8. The minimum Gasteiger partial charge on any atom is -0.340 e. The number of fused-ring (bicyclic) bond motifs is 1. The Kier molecular flexibility index (Phi) is 5.06. The standard InChI is InChI=1S/C23H18N4O/c28-22(14-11-17-7-3-1-4-8-17)26-19-12-13-20-21(15-19)24-16-25-23(20)27-18-9-5-2-6-10-18/h1-16H,(H,26,28)(H,24,25,27). The number of carbonyl (C=O) groups is 1. The fraction of sp³-hybridized carbons (Fsp3) is 0. The maximum atomic E-state index is 12.2. The third-order valence-electron chi connectivity index (χ3n) is 4.17. The van der Waals surface area contributed by atoms with Crippen LogP contribution in [0.1, 0.15) is 5.56 Å². The van der Waals surface area contributed by atoms with Gasteiger partial charge in [-0.3, -0.25) is 4.79 Å². The van der Waals surface area contributed by atoms with Gasteiger partial charge in [0.25, 0.3) is 0 Å². The van der Waals surface area contributed by atoms with Crippen molar-refractivity contribution in [1.82, 2.24) is 9.97 Å². The average Bonchev–Trinajstić information content (AvgIpc) is 2.74. The minimum atomic E-state index is -0.195. The zero-order valence-electron chi connectivity index (χ0n) is 15.0. The number of nitrogens with one attached hydrogen (secondary N) is 2. The number of nitrogens with zero attached hydrogens (tertiary/aromatic N) is 2. The highest BCUT2D eigenvalue weighted by Crippen LogP contribution is 2.25. The van der Waals surface area contributed by atoms with Crippen LogP contribution in [0.2, 0.25) is 0 Å². The molecule has 2 N–H and O–H groups in total. The molecule has 0 saturated heterocycles. The van der Waals surface area contributed by atoms with Crippen molar-refractivity contribution in [2.24, 2.45) is 0 Å². The van der Waals surface area contributed by atoms with E-state index in [1.54, 1.807) is 6.08 Å². The van der Waals surface area contributed by atoms with Gasteiger partial charge >= 0.3 is 0 Å². The highest BCUT2D eigenvalue weighted by Gasteiger charge is 2.06. The molecule has 0 unspecified atom stereocenters. The van der Waals surface area contributed by atoms with Crippen LogP contribution in [-0.4, -0.2) is 15.9 Å². The molecule has 0 aliphatic heterocycles. The summed E-state index contributed by atoms with van der Waals surface area (Å²) in [6.45, 7) is 0. The lowest BCUT2D eigenvalue weighted by Crippen LogP contribution is -2.07. The van der Waals surface area contributed by atoms with Crippen molar-refractivity contribution in [1.29, 1.82) is 0 Å². The summed E-state index contributed by atoms with van der Waals surface area (Å²) in [6, 6.07) is 25.1. The van der Waals surface area contributed by atoms with E-state index in [1.807, 2.05) is 78.9 Å². The van der Waals surface area contributed by atoms with Gasteiger partial charge in [0.2, 0.25) is 5.91 Å². The molecule has 1 amide bonds. The van der Waals surface area contributed by atoms with Crippen LogP contribution in [0.5, 0.6) is 0 Å². The second kappa shape index (κ2) is 8.14. The van der Waals surface area contributed by atoms with Gasteiger partial charge in [-0.2, -0.15) is 0 Å². The Morgan fingerprint density at radius 1 is 0.821 bits per heavy atom. The molecule has 4 rings (SSSR count). The highest BCUT2D eigenvalue weighted by molar-refractivity contribution is 6.03. The molecule has 5 nitrogen and oxygen atoms in total. The van der Waals surface area contributed by atoms with Crippen molar-refractivity contribution >= 4 is 40.1 Å². The van der Waals surface area contributed by atoms with E-state index < -0.39 is 0 Å². The van der Waals surface area contributed by atoms with Crippen LogP contribution < -0.4 is 10.6 Å². The zero-order chi connectivity index (χ0) is 19.2. The predicted molar refractivity (Wildman–Crippen MR) is 113 cm³/mol. The van der Waals surface area contributed by atoms with Gasteiger partial charge in [-0.1, -0.05) is 48.5 Å². The average molecular weight is 366 g/mol. The molecule has 0 aliphatic carbocycles. The Hall–Kier alpha value is -3.99. The van der Waals surface area contributed by atoms with Gasteiger partial charge < -0.3 is 10.6 Å². The van der Waals surface area contributed by atoms with Crippen molar-refractivity contribution in [3.63, 3.8) is 0 Å². The van der Waals surface area contributed by atoms with E-state index in [0.717, 1.165) is 28.0 Å².